The molecule has 0 N–H and O–H groups in total. The van der Waals surface area contributed by atoms with Crippen LogP contribution in [0.15, 0.2) is 115 Å². The average Bonchev–Trinajstić information content (AvgIpc) is 3.65. The Hall–Kier alpha value is -4.26. The number of thiazole rings is 1. The Morgan fingerprint density at radius 3 is 2.20 bits per heavy atom. The van der Waals surface area contributed by atoms with Crippen LogP contribution in [0.25, 0.3) is 32.3 Å². The number of rotatable bonds is 9. The van der Waals surface area contributed by atoms with Crippen LogP contribution >= 0.6 is 22.7 Å². The Morgan fingerprint density at radius 1 is 0.825 bits per heavy atom. The number of hydrogen-bond acceptors (Lipinski definition) is 6. The average molecular weight is 562 g/mol. The summed E-state index contributed by atoms with van der Waals surface area (Å²) in [4.78, 5) is 18.2. The lowest BCUT2D eigenvalue weighted by molar-refractivity contribution is -0.148. The van der Waals surface area contributed by atoms with Gasteiger partial charge < -0.3 is 9.47 Å². The molecule has 0 spiro atoms. The highest BCUT2D eigenvalue weighted by atomic mass is 32.1. The molecule has 0 aliphatic carbocycles. The third kappa shape index (κ3) is 5.69. The summed E-state index contributed by atoms with van der Waals surface area (Å²) < 4.78 is 12.3. The molecular weight excluding hydrogens is 535 g/mol. The molecule has 0 fully saturated rings. The summed E-state index contributed by atoms with van der Waals surface area (Å²) in [5, 5.41) is 4.45. The standard InChI is InChI=1S/C34H27NO3S2/c1-37-34(36)29(21-23-7-3-2-4-8-23)38-27-17-15-25(16-18-27)24-11-13-26(14-12-24)33-28-9-5-6-10-30(28)40-31(33)22-32-35-19-20-39-32/h2-20,29H,21-22H2,1H3/t29-/m1/s1. The number of benzene rings is 4. The van der Waals surface area contributed by atoms with Gasteiger partial charge in [0.2, 0.25) is 0 Å². The zero-order valence-electron chi connectivity index (χ0n) is 21.9. The fourth-order valence-corrected chi connectivity index (χ4v) is 6.82. The maximum atomic E-state index is 12.4. The molecule has 2 aromatic heterocycles. The molecule has 4 aromatic carbocycles. The molecule has 0 saturated carbocycles. The molecule has 0 unspecified atom stereocenters. The van der Waals surface area contributed by atoms with E-state index < -0.39 is 12.1 Å². The first-order chi connectivity index (χ1) is 19.7. The summed E-state index contributed by atoms with van der Waals surface area (Å²) in [7, 11) is 1.39. The lowest BCUT2D eigenvalue weighted by Crippen LogP contribution is -2.30. The van der Waals surface area contributed by atoms with Gasteiger partial charge in [0.1, 0.15) is 5.75 Å². The maximum absolute atomic E-state index is 12.4. The number of nitrogens with zero attached hydrogens (tertiary/aromatic N) is 1. The van der Waals surface area contributed by atoms with Crippen molar-refractivity contribution < 1.29 is 14.3 Å². The first kappa shape index (κ1) is 26.0. The number of esters is 1. The molecule has 0 aliphatic heterocycles. The summed E-state index contributed by atoms with van der Waals surface area (Å²) >= 11 is 3.55. The van der Waals surface area contributed by atoms with Crippen molar-refractivity contribution in [3.05, 3.63) is 130 Å². The summed E-state index contributed by atoms with van der Waals surface area (Å²) in [5.74, 6) is 0.238. The summed E-state index contributed by atoms with van der Waals surface area (Å²) in [6.45, 7) is 0. The number of carbonyl (C=O) groups excluding carboxylic acids is 1. The molecule has 1 atom stereocenters. The van der Waals surface area contributed by atoms with Gasteiger partial charge in [-0.1, -0.05) is 84.9 Å². The highest BCUT2D eigenvalue weighted by Gasteiger charge is 2.22. The van der Waals surface area contributed by atoms with E-state index in [2.05, 4.69) is 53.5 Å². The van der Waals surface area contributed by atoms with Crippen molar-refractivity contribution in [2.24, 2.45) is 0 Å². The monoisotopic (exact) mass is 561 g/mol. The van der Waals surface area contributed by atoms with E-state index >= 15 is 0 Å². The van der Waals surface area contributed by atoms with Crippen molar-refractivity contribution in [3.8, 4) is 28.0 Å². The second-order valence-electron chi connectivity index (χ2n) is 9.42. The van der Waals surface area contributed by atoms with Crippen LogP contribution in [0, 0.1) is 0 Å². The molecule has 0 saturated heterocycles. The summed E-state index contributed by atoms with van der Waals surface area (Å²) in [6, 6.07) is 35.0. The molecule has 4 nitrogen and oxygen atoms in total. The van der Waals surface area contributed by atoms with Crippen molar-refractivity contribution in [1.29, 1.82) is 0 Å². The number of thiophene rings is 1. The van der Waals surface area contributed by atoms with E-state index in [1.165, 1.54) is 33.2 Å². The van der Waals surface area contributed by atoms with E-state index in [0.29, 0.717) is 12.2 Å². The van der Waals surface area contributed by atoms with Gasteiger partial charge in [-0.3, -0.25) is 0 Å². The van der Waals surface area contributed by atoms with E-state index in [4.69, 9.17) is 9.47 Å². The minimum absolute atomic E-state index is 0.390. The largest absolute Gasteiger partial charge is 0.478 e. The summed E-state index contributed by atoms with van der Waals surface area (Å²) in [5.41, 5.74) is 5.70. The van der Waals surface area contributed by atoms with Gasteiger partial charge in [0.05, 0.1) is 12.1 Å². The first-order valence-electron chi connectivity index (χ1n) is 13.1. The van der Waals surface area contributed by atoms with Gasteiger partial charge >= 0.3 is 5.97 Å². The van der Waals surface area contributed by atoms with Gasteiger partial charge in [-0.05, 0) is 40.5 Å². The van der Waals surface area contributed by atoms with Crippen LogP contribution < -0.4 is 4.74 Å². The van der Waals surface area contributed by atoms with Crippen LogP contribution in [-0.4, -0.2) is 24.2 Å². The van der Waals surface area contributed by atoms with Crippen LogP contribution in [0.4, 0.5) is 0 Å². The van der Waals surface area contributed by atoms with Gasteiger partial charge in [-0.15, -0.1) is 22.7 Å². The van der Waals surface area contributed by atoms with Crippen molar-refractivity contribution in [3.63, 3.8) is 0 Å². The fourth-order valence-electron chi connectivity index (χ4n) is 4.87. The fraction of sp³-hybridized carbons (Fsp3) is 0.118. The van der Waals surface area contributed by atoms with E-state index in [9.17, 15) is 4.79 Å². The molecule has 0 bridgehead atoms. The number of hydrogen-bond donors (Lipinski definition) is 0. The Bertz CT molecular complexity index is 1710. The van der Waals surface area contributed by atoms with Gasteiger partial charge in [0.25, 0.3) is 0 Å². The number of aromatic nitrogens is 1. The van der Waals surface area contributed by atoms with Crippen LogP contribution in [-0.2, 0) is 22.4 Å². The quantitative estimate of drug-likeness (QED) is 0.166. The third-order valence-electron chi connectivity index (χ3n) is 6.83. The predicted molar refractivity (Wildman–Crippen MR) is 164 cm³/mol. The molecule has 0 amide bonds. The van der Waals surface area contributed by atoms with Gasteiger partial charge in [0.15, 0.2) is 6.10 Å². The molecule has 6 rings (SSSR count). The third-order valence-corrected chi connectivity index (χ3v) is 8.78. The van der Waals surface area contributed by atoms with E-state index in [1.807, 2.05) is 77.5 Å². The minimum atomic E-state index is -0.712. The van der Waals surface area contributed by atoms with Crippen molar-refractivity contribution in [2.45, 2.75) is 18.9 Å². The van der Waals surface area contributed by atoms with E-state index in [-0.39, 0.29) is 0 Å². The topological polar surface area (TPSA) is 48.4 Å². The minimum Gasteiger partial charge on any atom is -0.478 e. The van der Waals surface area contributed by atoms with Crippen molar-refractivity contribution in [1.82, 2.24) is 4.98 Å². The Balaban J connectivity index is 1.22. The molecule has 6 heteroatoms. The molecule has 0 aliphatic rings. The zero-order chi connectivity index (χ0) is 27.3. The predicted octanol–water partition coefficient (Wildman–Crippen LogP) is 8.45. The van der Waals surface area contributed by atoms with E-state index in [1.54, 1.807) is 11.3 Å². The highest BCUT2D eigenvalue weighted by molar-refractivity contribution is 7.20. The lowest BCUT2D eigenvalue weighted by Gasteiger charge is -2.17. The smallest absolute Gasteiger partial charge is 0.347 e. The molecular formula is C34H27NO3S2. The second kappa shape index (κ2) is 11.9. The van der Waals surface area contributed by atoms with Crippen molar-refractivity contribution >= 4 is 38.7 Å². The summed E-state index contributed by atoms with van der Waals surface area (Å²) in [6.07, 6.45) is 2.44. The number of methoxy groups -OCH3 is 1. The van der Waals surface area contributed by atoms with Crippen LogP contribution in [0.1, 0.15) is 15.4 Å². The Morgan fingerprint density at radius 2 is 1.50 bits per heavy atom. The van der Waals surface area contributed by atoms with E-state index in [0.717, 1.165) is 28.1 Å². The number of fused-ring (bicyclic) bond motifs is 1. The molecule has 6 aromatic rings. The van der Waals surface area contributed by atoms with Gasteiger partial charge in [0, 0.05) is 44.9 Å². The van der Waals surface area contributed by atoms with Crippen LogP contribution in [0.2, 0.25) is 0 Å². The number of carbonyl (C=O) groups is 1. The second-order valence-corrected chi connectivity index (χ2v) is 11.5. The molecule has 2 heterocycles. The Labute approximate surface area is 241 Å². The first-order valence-corrected chi connectivity index (χ1v) is 14.8. The van der Waals surface area contributed by atoms with Crippen LogP contribution in [0.5, 0.6) is 5.75 Å². The van der Waals surface area contributed by atoms with Crippen LogP contribution in [0.3, 0.4) is 0 Å². The lowest BCUT2D eigenvalue weighted by atomic mass is 9.97. The molecule has 40 heavy (non-hydrogen) atoms. The normalized spacial score (nSPS) is 11.8. The zero-order valence-corrected chi connectivity index (χ0v) is 23.6. The molecule has 198 valence electrons. The highest BCUT2D eigenvalue weighted by Crippen LogP contribution is 2.40. The van der Waals surface area contributed by atoms with Crippen molar-refractivity contribution in [2.75, 3.05) is 7.11 Å². The Kier molecular flexibility index (Phi) is 7.71. The SMILES string of the molecule is COC(=O)[C@@H](Cc1ccccc1)Oc1ccc(-c2ccc(-c3c(Cc4nccs4)sc4ccccc34)cc2)cc1. The van der Waals surface area contributed by atoms with Gasteiger partial charge in [-0.25, -0.2) is 9.78 Å². The number of ether oxygens (including phenoxy) is 2. The van der Waals surface area contributed by atoms with Gasteiger partial charge in [-0.2, -0.15) is 0 Å². The maximum Gasteiger partial charge on any atom is 0.347 e. The molecule has 0 radical (unpaired) electrons.